The molecule has 1 N–H and O–H groups in total. The summed E-state index contributed by atoms with van der Waals surface area (Å²) < 4.78 is 5.27. The average molecular weight is 373 g/mol. The Kier molecular flexibility index (Phi) is 6.12. The van der Waals surface area contributed by atoms with Gasteiger partial charge in [-0.3, -0.25) is 9.59 Å². The molecular formula is C19H23N3O3S. The van der Waals surface area contributed by atoms with Crippen LogP contribution in [0.1, 0.15) is 16.8 Å². The van der Waals surface area contributed by atoms with Crippen LogP contribution in [0.5, 0.6) is 5.75 Å². The molecule has 1 aliphatic rings. The smallest absolute Gasteiger partial charge is 0.252 e. The van der Waals surface area contributed by atoms with E-state index in [2.05, 4.69) is 16.3 Å². The molecule has 138 valence electrons. The standard InChI is InChI=1S/C19H23N3O3S/c1-25-17-4-2-3-16(13-17)21-8-10-22(11-9-21)18(23)5-7-20-19(24)15-6-12-26-14-15/h2-4,6,12-14H,5,7-11H2,1H3,(H,20,24). The van der Waals surface area contributed by atoms with Crippen molar-refractivity contribution < 1.29 is 14.3 Å². The number of thiophene rings is 1. The number of benzene rings is 1. The van der Waals surface area contributed by atoms with Crippen molar-refractivity contribution in [1.29, 1.82) is 0 Å². The van der Waals surface area contributed by atoms with Crippen LogP contribution in [0.2, 0.25) is 0 Å². The number of nitrogens with zero attached hydrogens (tertiary/aromatic N) is 2. The van der Waals surface area contributed by atoms with Crippen molar-refractivity contribution in [3.8, 4) is 5.75 Å². The number of methoxy groups -OCH3 is 1. The lowest BCUT2D eigenvalue weighted by Crippen LogP contribution is -2.49. The largest absolute Gasteiger partial charge is 0.497 e. The quantitative estimate of drug-likeness (QED) is 0.843. The molecule has 1 saturated heterocycles. The highest BCUT2D eigenvalue weighted by Gasteiger charge is 2.21. The molecule has 3 rings (SSSR count). The third kappa shape index (κ3) is 4.54. The van der Waals surface area contributed by atoms with Crippen LogP contribution < -0.4 is 15.0 Å². The van der Waals surface area contributed by atoms with Gasteiger partial charge >= 0.3 is 0 Å². The van der Waals surface area contributed by atoms with Crippen LogP contribution in [0.4, 0.5) is 5.69 Å². The Morgan fingerprint density at radius 3 is 2.69 bits per heavy atom. The fraction of sp³-hybridized carbons (Fsp3) is 0.368. The molecule has 6 nitrogen and oxygen atoms in total. The maximum atomic E-state index is 12.3. The van der Waals surface area contributed by atoms with Gasteiger partial charge in [-0.25, -0.2) is 0 Å². The topological polar surface area (TPSA) is 61.9 Å². The molecule has 2 heterocycles. The first-order valence-electron chi connectivity index (χ1n) is 8.64. The van der Waals surface area contributed by atoms with E-state index in [0.717, 1.165) is 24.5 Å². The normalized spacial score (nSPS) is 14.2. The SMILES string of the molecule is COc1cccc(N2CCN(C(=O)CCNC(=O)c3ccsc3)CC2)c1. The second-order valence-corrected chi connectivity index (χ2v) is 6.87. The third-order valence-corrected chi connectivity index (χ3v) is 5.14. The Morgan fingerprint density at radius 1 is 1.19 bits per heavy atom. The van der Waals surface area contributed by atoms with Crippen molar-refractivity contribution in [1.82, 2.24) is 10.2 Å². The first-order chi connectivity index (χ1) is 12.7. The van der Waals surface area contributed by atoms with Crippen LogP contribution in [-0.2, 0) is 4.79 Å². The van der Waals surface area contributed by atoms with Gasteiger partial charge in [0.25, 0.3) is 5.91 Å². The summed E-state index contributed by atoms with van der Waals surface area (Å²) in [7, 11) is 1.66. The van der Waals surface area contributed by atoms with E-state index in [0.29, 0.717) is 31.6 Å². The van der Waals surface area contributed by atoms with Crippen molar-refractivity contribution in [3.63, 3.8) is 0 Å². The minimum Gasteiger partial charge on any atom is -0.497 e. The minimum atomic E-state index is -0.123. The van der Waals surface area contributed by atoms with E-state index in [-0.39, 0.29) is 11.8 Å². The van der Waals surface area contributed by atoms with Gasteiger partial charge in [0.1, 0.15) is 5.75 Å². The van der Waals surface area contributed by atoms with E-state index in [1.54, 1.807) is 18.6 Å². The van der Waals surface area contributed by atoms with Crippen LogP contribution in [0.25, 0.3) is 0 Å². The number of carbonyl (C=O) groups is 2. The molecule has 0 atom stereocenters. The number of anilines is 1. The molecular weight excluding hydrogens is 350 g/mol. The third-order valence-electron chi connectivity index (χ3n) is 4.46. The summed E-state index contributed by atoms with van der Waals surface area (Å²) >= 11 is 1.48. The van der Waals surface area contributed by atoms with E-state index in [1.807, 2.05) is 28.5 Å². The van der Waals surface area contributed by atoms with Gasteiger partial charge in [-0.05, 0) is 23.6 Å². The van der Waals surface area contributed by atoms with Gasteiger partial charge in [0.2, 0.25) is 5.91 Å². The molecule has 0 spiro atoms. The van der Waals surface area contributed by atoms with Gasteiger partial charge in [-0.2, -0.15) is 11.3 Å². The first-order valence-corrected chi connectivity index (χ1v) is 9.59. The van der Waals surface area contributed by atoms with Crippen molar-refractivity contribution in [2.24, 2.45) is 0 Å². The van der Waals surface area contributed by atoms with Crippen LogP contribution in [0.3, 0.4) is 0 Å². The van der Waals surface area contributed by atoms with Crippen LogP contribution in [0, 0.1) is 0 Å². The summed E-state index contributed by atoms with van der Waals surface area (Å²) in [6, 6.07) is 9.74. The zero-order valence-electron chi connectivity index (χ0n) is 14.8. The highest BCUT2D eigenvalue weighted by atomic mass is 32.1. The summed E-state index contributed by atoms with van der Waals surface area (Å²) in [5, 5.41) is 6.46. The van der Waals surface area contributed by atoms with Gasteiger partial charge in [-0.15, -0.1) is 0 Å². The Balaban J connectivity index is 1.42. The van der Waals surface area contributed by atoms with Crippen molar-refractivity contribution in [3.05, 3.63) is 46.7 Å². The van der Waals surface area contributed by atoms with Crippen LogP contribution >= 0.6 is 11.3 Å². The summed E-state index contributed by atoms with van der Waals surface area (Å²) in [6.07, 6.45) is 0.328. The Hall–Kier alpha value is -2.54. The highest BCUT2D eigenvalue weighted by Crippen LogP contribution is 2.22. The predicted molar refractivity (Wildman–Crippen MR) is 103 cm³/mol. The van der Waals surface area contributed by atoms with E-state index < -0.39 is 0 Å². The molecule has 1 aromatic carbocycles. The van der Waals surface area contributed by atoms with Gasteiger partial charge in [-0.1, -0.05) is 6.07 Å². The summed E-state index contributed by atoms with van der Waals surface area (Å²) in [4.78, 5) is 28.3. The summed E-state index contributed by atoms with van der Waals surface area (Å²) in [5.41, 5.74) is 1.76. The maximum Gasteiger partial charge on any atom is 0.252 e. The maximum absolute atomic E-state index is 12.3. The number of piperazine rings is 1. The van der Waals surface area contributed by atoms with Crippen molar-refractivity contribution in [2.45, 2.75) is 6.42 Å². The lowest BCUT2D eigenvalue weighted by atomic mass is 10.2. The number of hydrogen-bond acceptors (Lipinski definition) is 5. The Morgan fingerprint density at radius 2 is 2.00 bits per heavy atom. The second kappa shape index (κ2) is 8.71. The lowest BCUT2D eigenvalue weighted by molar-refractivity contribution is -0.131. The van der Waals surface area contributed by atoms with E-state index >= 15 is 0 Å². The lowest BCUT2D eigenvalue weighted by Gasteiger charge is -2.36. The van der Waals surface area contributed by atoms with Gasteiger partial charge < -0.3 is 19.9 Å². The monoisotopic (exact) mass is 373 g/mol. The average Bonchev–Trinajstić information content (AvgIpc) is 3.23. The number of rotatable bonds is 6. The number of amides is 2. The molecule has 0 aliphatic carbocycles. The molecule has 0 radical (unpaired) electrons. The second-order valence-electron chi connectivity index (χ2n) is 6.09. The van der Waals surface area contributed by atoms with Gasteiger partial charge in [0.05, 0.1) is 7.11 Å². The zero-order chi connectivity index (χ0) is 18.4. The predicted octanol–water partition coefficient (Wildman–Crippen LogP) is 2.23. The fourth-order valence-corrected chi connectivity index (χ4v) is 3.59. The number of ether oxygens (including phenoxy) is 1. The molecule has 0 bridgehead atoms. The van der Waals surface area contributed by atoms with Gasteiger partial charge in [0.15, 0.2) is 0 Å². The molecule has 1 aromatic heterocycles. The number of nitrogens with one attached hydrogen (secondary N) is 1. The van der Waals surface area contributed by atoms with Crippen LogP contribution in [-0.4, -0.2) is 56.5 Å². The Labute approximate surface area is 157 Å². The number of hydrogen-bond donors (Lipinski definition) is 1. The molecule has 1 aliphatic heterocycles. The van der Waals surface area contributed by atoms with Crippen LogP contribution in [0.15, 0.2) is 41.1 Å². The van der Waals surface area contributed by atoms with Crippen molar-refractivity contribution in [2.75, 3.05) is 44.7 Å². The molecule has 2 aromatic rings. The molecule has 1 fully saturated rings. The number of carbonyl (C=O) groups excluding carboxylic acids is 2. The molecule has 0 saturated carbocycles. The first kappa shape index (κ1) is 18.3. The molecule has 0 unspecified atom stereocenters. The Bertz CT molecular complexity index is 740. The molecule has 26 heavy (non-hydrogen) atoms. The molecule has 7 heteroatoms. The summed E-state index contributed by atoms with van der Waals surface area (Å²) in [6.45, 7) is 3.33. The van der Waals surface area contributed by atoms with E-state index in [4.69, 9.17) is 4.74 Å². The van der Waals surface area contributed by atoms with E-state index in [9.17, 15) is 9.59 Å². The van der Waals surface area contributed by atoms with Crippen molar-refractivity contribution >= 4 is 28.8 Å². The minimum absolute atomic E-state index is 0.0842. The highest BCUT2D eigenvalue weighted by molar-refractivity contribution is 7.08. The van der Waals surface area contributed by atoms with E-state index in [1.165, 1.54) is 11.3 Å². The molecule has 2 amide bonds. The summed E-state index contributed by atoms with van der Waals surface area (Å²) in [5.74, 6) is 0.796. The zero-order valence-corrected chi connectivity index (χ0v) is 15.6. The fourth-order valence-electron chi connectivity index (χ4n) is 2.96. The van der Waals surface area contributed by atoms with Gasteiger partial charge in [0, 0.05) is 61.8 Å².